The summed E-state index contributed by atoms with van der Waals surface area (Å²) in [6, 6.07) is 14.2. The van der Waals surface area contributed by atoms with Gasteiger partial charge in [0.15, 0.2) is 0 Å². The van der Waals surface area contributed by atoms with E-state index >= 15 is 0 Å². The van der Waals surface area contributed by atoms with Crippen LogP contribution in [0.15, 0.2) is 42.5 Å². The van der Waals surface area contributed by atoms with Gasteiger partial charge >= 0.3 is 0 Å². The summed E-state index contributed by atoms with van der Waals surface area (Å²) in [5.41, 5.74) is 3.16. The molecule has 0 aromatic heterocycles. The second kappa shape index (κ2) is 4.89. The Hall–Kier alpha value is -2.34. The summed E-state index contributed by atoms with van der Waals surface area (Å²) in [5, 5.41) is 9.04. The molecule has 0 N–H and O–H groups in total. The smallest absolute Gasteiger partial charge is 0.124 e. The van der Waals surface area contributed by atoms with Crippen LogP contribution in [0.5, 0.6) is 0 Å². The van der Waals surface area contributed by atoms with Gasteiger partial charge in [0.2, 0.25) is 0 Å². The van der Waals surface area contributed by atoms with Crippen molar-refractivity contribution in [3.63, 3.8) is 0 Å². The first kappa shape index (κ1) is 12.1. The zero-order chi connectivity index (χ0) is 13.1. The number of halogens is 1. The van der Waals surface area contributed by atoms with Crippen molar-refractivity contribution in [2.45, 2.75) is 6.92 Å². The molecule has 0 atom stereocenters. The van der Waals surface area contributed by atoms with E-state index in [4.69, 9.17) is 5.26 Å². The van der Waals surface area contributed by atoms with Crippen molar-refractivity contribution in [1.82, 2.24) is 0 Å². The minimum atomic E-state index is -0.396. The van der Waals surface area contributed by atoms with Crippen LogP contribution in [0, 0.1) is 24.1 Å². The molecule has 90 valence electrons. The van der Waals surface area contributed by atoms with Crippen molar-refractivity contribution in [3.05, 3.63) is 59.4 Å². The second-order valence-electron chi connectivity index (χ2n) is 4.17. The van der Waals surface area contributed by atoms with E-state index in [1.165, 1.54) is 17.7 Å². The lowest BCUT2D eigenvalue weighted by molar-refractivity contribution is 0.627. The standard InChI is InChI=1S/C15H13FN2/c1-11-3-6-14(7-4-11)18(2)15-8-5-13(16)9-12(15)10-17/h3-9H,1-2H3. The molecule has 2 nitrogen and oxygen atoms in total. The number of aryl methyl sites for hydroxylation is 1. The minimum absolute atomic E-state index is 0.332. The van der Waals surface area contributed by atoms with Crippen LogP contribution in [0.3, 0.4) is 0 Å². The Morgan fingerprint density at radius 2 is 1.78 bits per heavy atom. The number of nitriles is 1. The summed E-state index contributed by atoms with van der Waals surface area (Å²) in [6.07, 6.45) is 0. The molecule has 0 aliphatic rings. The zero-order valence-corrected chi connectivity index (χ0v) is 10.3. The lowest BCUT2D eigenvalue weighted by Crippen LogP contribution is -2.11. The van der Waals surface area contributed by atoms with E-state index in [0.29, 0.717) is 11.3 Å². The van der Waals surface area contributed by atoms with Crippen LogP contribution in [0.25, 0.3) is 0 Å². The lowest BCUT2D eigenvalue weighted by Gasteiger charge is -2.20. The monoisotopic (exact) mass is 240 g/mol. The fraction of sp³-hybridized carbons (Fsp3) is 0.133. The molecule has 0 fully saturated rings. The summed E-state index contributed by atoms with van der Waals surface area (Å²) >= 11 is 0. The van der Waals surface area contributed by atoms with E-state index in [9.17, 15) is 4.39 Å². The average molecular weight is 240 g/mol. The van der Waals surface area contributed by atoms with Gasteiger partial charge in [0.1, 0.15) is 11.9 Å². The maximum atomic E-state index is 13.1. The van der Waals surface area contributed by atoms with E-state index < -0.39 is 5.82 Å². The quantitative estimate of drug-likeness (QED) is 0.798. The van der Waals surface area contributed by atoms with E-state index in [2.05, 4.69) is 0 Å². The molecule has 2 aromatic carbocycles. The predicted molar refractivity (Wildman–Crippen MR) is 70.4 cm³/mol. The molecule has 0 radical (unpaired) electrons. The Kier molecular flexibility index (Phi) is 3.29. The molecule has 0 spiro atoms. The van der Waals surface area contributed by atoms with Crippen molar-refractivity contribution in [1.29, 1.82) is 5.26 Å². The van der Waals surface area contributed by atoms with Gasteiger partial charge in [-0.1, -0.05) is 17.7 Å². The van der Waals surface area contributed by atoms with Crippen LogP contribution >= 0.6 is 0 Å². The Bertz CT molecular complexity index is 597. The third-order valence-corrected chi connectivity index (χ3v) is 2.86. The Morgan fingerprint density at radius 1 is 1.11 bits per heavy atom. The highest BCUT2D eigenvalue weighted by Crippen LogP contribution is 2.27. The van der Waals surface area contributed by atoms with Gasteiger partial charge in [-0.15, -0.1) is 0 Å². The molecule has 0 saturated heterocycles. The molecule has 0 aliphatic heterocycles. The van der Waals surface area contributed by atoms with Gasteiger partial charge in [-0.25, -0.2) is 4.39 Å². The van der Waals surface area contributed by atoms with Crippen molar-refractivity contribution < 1.29 is 4.39 Å². The SMILES string of the molecule is Cc1ccc(N(C)c2ccc(F)cc2C#N)cc1. The third kappa shape index (κ3) is 2.33. The number of hydrogen-bond acceptors (Lipinski definition) is 2. The molecule has 0 bridgehead atoms. The first-order valence-electron chi connectivity index (χ1n) is 5.62. The van der Waals surface area contributed by atoms with Gasteiger partial charge in [0.05, 0.1) is 11.3 Å². The topological polar surface area (TPSA) is 27.0 Å². The fourth-order valence-corrected chi connectivity index (χ4v) is 1.80. The summed E-state index contributed by atoms with van der Waals surface area (Å²) in [7, 11) is 1.86. The summed E-state index contributed by atoms with van der Waals surface area (Å²) < 4.78 is 13.1. The maximum absolute atomic E-state index is 13.1. The fourth-order valence-electron chi connectivity index (χ4n) is 1.80. The Morgan fingerprint density at radius 3 is 2.39 bits per heavy atom. The highest BCUT2D eigenvalue weighted by atomic mass is 19.1. The van der Waals surface area contributed by atoms with Crippen LogP contribution in [0.4, 0.5) is 15.8 Å². The molecule has 18 heavy (non-hydrogen) atoms. The van der Waals surface area contributed by atoms with Crippen molar-refractivity contribution >= 4 is 11.4 Å². The minimum Gasteiger partial charge on any atom is -0.344 e. The molecule has 0 aliphatic carbocycles. The van der Waals surface area contributed by atoms with Crippen molar-refractivity contribution in [3.8, 4) is 6.07 Å². The van der Waals surface area contributed by atoms with Gasteiger partial charge in [0, 0.05) is 12.7 Å². The molecule has 0 amide bonds. The van der Waals surface area contributed by atoms with E-state index in [-0.39, 0.29) is 0 Å². The Balaban J connectivity index is 2.43. The third-order valence-electron chi connectivity index (χ3n) is 2.86. The number of anilines is 2. The van der Waals surface area contributed by atoms with E-state index in [1.54, 1.807) is 6.07 Å². The summed E-state index contributed by atoms with van der Waals surface area (Å²) in [4.78, 5) is 1.87. The molecular formula is C15H13FN2. The van der Waals surface area contributed by atoms with Crippen LogP contribution in [-0.2, 0) is 0 Å². The second-order valence-corrected chi connectivity index (χ2v) is 4.17. The average Bonchev–Trinajstić information content (AvgIpc) is 2.38. The van der Waals surface area contributed by atoms with Crippen molar-refractivity contribution in [2.24, 2.45) is 0 Å². The molecule has 2 aromatic rings. The van der Waals surface area contributed by atoms with E-state index in [0.717, 1.165) is 5.69 Å². The molecule has 2 rings (SSSR count). The first-order valence-corrected chi connectivity index (χ1v) is 5.62. The highest BCUT2D eigenvalue weighted by molar-refractivity contribution is 5.68. The summed E-state index contributed by atoms with van der Waals surface area (Å²) in [5.74, 6) is -0.396. The highest BCUT2D eigenvalue weighted by Gasteiger charge is 2.09. The predicted octanol–water partition coefficient (Wildman–Crippen LogP) is 3.77. The number of hydrogen-bond donors (Lipinski definition) is 0. The largest absolute Gasteiger partial charge is 0.344 e. The van der Waals surface area contributed by atoms with E-state index in [1.807, 2.05) is 49.2 Å². The zero-order valence-electron chi connectivity index (χ0n) is 10.3. The van der Waals surface area contributed by atoms with Crippen LogP contribution in [-0.4, -0.2) is 7.05 Å². The van der Waals surface area contributed by atoms with Crippen LogP contribution < -0.4 is 4.90 Å². The van der Waals surface area contributed by atoms with Gasteiger partial charge < -0.3 is 4.90 Å². The van der Waals surface area contributed by atoms with Gasteiger partial charge in [-0.3, -0.25) is 0 Å². The van der Waals surface area contributed by atoms with Crippen molar-refractivity contribution in [2.75, 3.05) is 11.9 Å². The number of nitrogens with zero attached hydrogens (tertiary/aromatic N) is 2. The molecule has 0 unspecified atom stereocenters. The maximum Gasteiger partial charge on any atom is 0.124 e. The van der Waals surface area contributed by atoms with Gasteiger partial charge in [0.25, 0.3) is 0 Å². The number of benzene rings is 2. The lowest BCUT2D eigenvalue weighted by atomic mass is 10.1. The molecule has 0 saturated carbocycles. The molecular weight excluding hydrogens is 227 g/mol. The van der Waals surface area contributed by atoms with Gasteiger partial charge in [-0.2, -0.15) is 5.26 Å². The molecule has 3 heteroatoms. The van der Waals surface area contributed by atoms with Gasteiger partial charge in [-0.05, 0) is 37.3 Å². The van der Waals surface area contributed by atoms with Crippen LogP contribution in [0.2, 0.25) is 0 Å². The number of rotatable bonds is 2. The normalized spacial score (nSPS) is 9.89. The molecule has 0 heterocycles. The first-order chi connectivity index (χ1) is 8.61. The summed E-state index contributed by atoms with van der Waals surface area (Å²) in [6.45, 7) is 2.02. The van der Waals surface area contributed by atoms with Crippen LogP contribution in [0.1, 0.15) is 11.1 Å². The Labute approximate surface area is 106 Å².